The van der Waals surface area contributed by atoms with E-state index in [4.69, 9.17) is 14.2 Å². The third-order valence-electron chi connectivity index (χ3n) is 5.48. The van der Waals surface area contributed by atoms with E-state index in [2.05, 4.69) is 0 Å². The summed E-state index contributed by atoms with van der Waals surface area (Å²) in [6.07, 6.45) is 1.14. The predicted molar refractivity (Wildman–Crippen MR) is 58.7 cm³/mol. The molecule has 9 atom stereocenters. The Kier molecular flexibility index (Phi) is 1.41. The fourth-order valence-electron chi connectivity index (χ4n) is 5.18. The van der Waals surface area contributed by atoms with Crippen LogP contribution in [0.5, 0.6) is 0 Å². The SMILES string of the molecule is C[C@]12O[C@@H]3S[C@@H]4O[C@](C)(O1)[C@H]1[C@@H]4C(C=O)[C@@H]3[C@H]12. The molecule has 0 aromatic heterocycles. The lowest BCUT2D eigenvalue weighted by molar-refractivity contribution is -0.304. The Morgan fingerprint density at radius 3 is 2.06 bits per heavy atom. The first kappa shape index (κ1) is 9.78. The van der Waals surface area contributed by atoms with Gasteiger partial charge in [0, 0.05) is 29.6 Å². The molecule has 1 unspecified atom stereocenters. The molecule has 5 aliphatic rings. The standard InChI is InChI=1S/C12H14O4S/c1-11-7-5-4(3-13)6-8(7)12(2,16-11)15-10(6)17-9(5)14-11/h3-10H,1-2H3/t4?,5-,6+,7-,8+,9-,10+,11+,12-. The summed E-state index contributed by atoms with van der Waals surface area (Å²) in [7, 11) is 0. The van der Waals surface area contributed by atoms with Crippen molar-refractivity contribution in [3.63, 3.8) is 0 Å². The van der Waals surface area contributed by atoms with Crippen molar-refractivity contribution in [1.29, 1.82) is 0 Å². The predicted octanol–water partition coefficient (Wildman–Crippen LogP) is 1.20. The molecule has 1 saturated carbocycles. The number of hydrogen-bond donors (Lipinski definition) is 0. The van der Waals surface area contributed by atoms with Gasteiger partial charge in [0.25, 0.3) is 0 Å². The van der Waals surface area contributed by atoms with Gasteiger partial charge in [-0.15, -0.1) is 0 Å². The molecule has 0 spiro atoms. The molecular weight excluding hydrogens is 240 g/mol. The summed E-state index contributed by atoms with van der Waals surface area (Å²) in [5, 5.41) is 0. The minimum absolute atomic E-state index is 0.0799. The Bertz CT molecular complexity index is 408. The highest BCUT2D eigenvalue weighted by Crippen LogP contribution is 2.76. The minimum atomic E-state index is -0.539. The molecule has 2 bridgehead atoms. The molecule has 0 aromatic rings. The van der Waals surface area contributed by atoms with Gasteiger partial charge in [0.1, 0.15) is 17.2 Å². The topological polar surface area (TPSA) is 44.8 Å². The Balaban J connectivity index is 1.78. The smallest absolute Gasteiger partial charge is 0.174 e. The van der Waals surface area contributed by atoms with Crippen LogP contribution in [0.25, 0.3) is 0 Å². The average molecular weight is 254 g/mol. The van der Waals surface area contributed by atoms with E-state index >= 15 is 0 Å². The molecule has 92 valence electrons. The van der Waals surface area contributed by atoms with E-state index < -0.39 is 11.6 Å². The second-order valence-electron chi connectivity index (χ2n) is 6.16. The Hall–Kier alpha value is -0.100. The number of ether oxygens (including phenoxy) is 3. The number of rotatable bonds is 1. The third-order valence-corrected chi connectivity index (χ3v) is 6.83. The van der Waals surface area contributed by atoms with Gasteiger partial charge in [0.2, 0.25) is 0 Å². The molecule has 5 fully saturated rings. The van der Waals surface area contributed by atoms with Crippen LogP contribution in [-0.4, -0.2) is 28.7 Å². The molecule has 4 saturated heterocycles. The molecule has 0 N–H and O–H groups in total. The Morgan fingerprint density at radius 2 is 1.59 bits per heavy atom. The van der Waals surface area contributed by atoms with E-state index in [1.54, 1.807) is 11.8 Å². The van der Waals surface area contributed by atoms with Crippen LogP contribution in [0.15, 0.2) is 0 Å². The summed E-state index contributed by atoms with van der Waals surface area (Å²) < 4.78 is 18.3. The molecular formula is C12H14O4S. The van der Waals surface area contributed by atoms with Gasteiger partial charge in [-0.2, -0.15) is 0 Å². The maximum Gasteiger partial charge on any atom is 0.174 e. The minimum Gasteiger partial charge on any atom is -0.335 e. The second-order valence-corrected chi connectivity index (χ2v) is 7.36. The summed E-state index contributed by atoms with van der Waals surface area (Å²) >= 11 is 1.76. The monoisotopic (exact) mass is 254 g/mol. The molecule has 0 aromatic carbocycles. The lowest BCUT2D eigenvalue weighted by Gasteiger charge is -2.37. The highest BCUT2D eigenvalue weighted by molar-refractivity contribution is 8.00. The van der Waals surface area contributed by atoms with Crippen molar-refractivity contribution in [2.75, 3.05) is 0 Å². The average Bonchev–Trinajstić information content (AvgIpc) is 2.81. The molecule has 4 aliphatic heterocycles. The fraction of sp³-hybridized carbons (Fsp3) is 0.917. The van der Waals surface area contributed by atoms with E-state index in [1.165, 1.54) is 0 Å². The molecule has 1 aliphatic carbocycles. The first-order valence-electron chi connectivity index (χ1n) is 6.24. The van der Waals surface area contributed by atoms with Crippen LogP contribution < -0.4 is 0 Å². The van der Waals surface area contributed by atoms with Crippen molar-refractivity contribution in [3.05, 3.63) is 0 Å². The Morgan fingerprint density at radius 1 is 1.06 bits per heavy atom. The zero-order valence-electron chi connectivity index (χ0n) is 9.66. The van der Waals surface area contributed by atoms with Crippen LogP contribution in [0, 0.1) is 29.6 Å². The highest BCUT2D eigenvalue weighted by Gasteiger charge is 2.82. The zero-order valence-corrected chi connectivity index (χ0v) is 10.5. The van der Waals surface area contributed by atoms with E-state index in [0.29, 0.717) is 23.7 Å². The maximum atomic E-state index is 11.4. The molecule has 17 heavy (non-hydrogen) atoms. The fourth-order valence-corrected chi connectivity index (χ4v) is 7.00. The largest absolute Gasteiger partial charge is 0.335 e. The quantitative estimate of drug-likeness (QED) is 0.658. The van der Waals surface area contributed by atoms with E-state index in [9.17, 15) is 4.79 Å². The lowest BCUT2D eigenvalue weighted by atomic mass is 9.83. The van der Waals surface area contributed by atoms with Crippen molar-refractivity contribution < 1.29 is 19.0 Å². The number of carbonyl (C=O) groups excluding carboxylic acids is 1. The van der Waals surface area contributed by atoms with Gasteiger partial charge in [-0.05, 0) is 13.8 Å². The summed E-state index contributed by atoms with van der Waals surface area (Å²) in [5.41, 5.74) is 0.160. The van der Waals surface area contributed by atoms with Gasteiger partial charge < -0.3 is 19.0 Å². The van der Waals surface area contributed by atoms with Crippen LogP contribution in [0.2, 0.25) is 0 Å². The zero-order chi connectivity index (χ0) is 11.6. The van der Waals surface area contributed by atoms with E-state index in [-0.39, 0.29) is 16.8 Å². The van der Waals surface area contributed by atoms with Crippen LogP contribution in [0.4, 0.5) is 0 Å². The van der Waals surface area contributed by atoms with Crippen molar-refractivity contribution in [2.45, 2.75) is 36.3 Å². The van der Waals surface area contributed by atoms with Gasteiger partial charge in [-0.1, -0.05) is 11.8 Å². The van der Waals surface area contributed by atoms with E-state index in [1.807, 2.05) is 13.8 Å². The van der Waals surface area contributed by atoms with E-state index in [0.717, 1.165) is 6.29 Å². The molecule has 0 radical (unpaired) electrons. The van der Waals surface area contributed by atoms with Gasteiger partial charge in [0.05, 0.1) is 0 Å². The lowest BCUT2D eigenvalue weighted by Crippen LogP contribution is -2.40. The van der Waals surface area contributed by atoms with Crippen LogP contribution in [0.3, 0.4) is 0 Å². The summed E-state index contributed by atoms with van der Waals surface area (Å²) in [6.45, 7) is 4.03. The van der Waals surface area contributed by atoms with Gasteiger partial charge >= 0.3 is 0 Å². The summed E-state index contributed by atoms with van der Waals surface area (Å²) in [4.78, 5) is 11.4. The summed E-state index contributed by atoms with van der Waals surface area (Å²) in [5.74, 6) is 0.356. The summed E-state index contributed by atoms with van der Waals surface area (Å²) in [6, 6.07) is 0. The number of aldehydes is 1. The number of thioether (sulfide) groups is 1. The number of hydrogen-bond acceptors (Lipinski definition) is 5. The van der Waals surface area contributed by atoms with Crippen molar-refractivity contribution in [2.24, 2.45) is 29.6 Å². The molecule has 5 rings (SSSR count). The molecule has 4 heterocycles. The molecule has 0 amide bonds. The first-order chi connectivity index (χ1) is 8.07. The molecule has 5 heteroatoms. The molecule has 4 nitrogen and oxygen atoms in total. The van der Waals surface area contributed by atoms with Gasteiger partial charge in [0.15, 0.2) is 11.6 Å². The van der Waals surface area contributed by atoms with Crippen molar-refractivity contribution >= 4 is 18.0 Å². The maximum absolute atomic E-state index is 11.4. The van der Waals surface area contributed by atoms with Gasteiger partial charge in [-0.25, -0.2) is 0 Å². The normalized spacial score (nSPS) is 73.6. The second kappa shape index (κ2) is 2.46. The van der Waals surface area contributed by atoms with Crippen molar-refractivity contribution in [3.8, 4) is 0 Å². The van der Waals surface area contributed by atoms with Gasteiger partial charge in [-0.3, -0.25) is 0 Å². The third kappa shape index (κ3) is 0.802. The first-order valence-corrected chi connectivity index (χ1v) is 7.18. The highest BCUT2D eigenvalue weighted by atomic mass is 32.2. The Labute approximate surface area is 103 Å². The van der Waals surface area contributed by atoms with Crippen molar-refractivity contribution in [1.82, 2.24) is 0 Å². The number of carbonyl (C=O) groups is 1. The van der Waals surface area contributed by atoms with Crippen LogP contribution >= 0.6 is 11.8 Å². The van der Waals surface area contributed by atoms with Crippen LogP contribution in [0.1, 0.15) is 13.8 Å². The van der Waals surface area contributed by atoms with Crippen LogP contribution in [-0.2, 0) is 19.0 Å².